The van der Waals surface area contributed by atoms with E-state index in [4.69, 9.17) is 0 Å². The first kappa shape index (κ1) is 21.5. The average Bonchev–Trinajstić information content (AvgIpc) is 3.53. The molecular weight excluding hydrogens is 508 g/mol. The van der Waals surface area contributed by atoms with Gasteiger partial charge in [-0.25, -0.2) is 8.42 Å². The fourth-order valence-corrected chi connectivity index (χ4v) is 8.61. The number of alkyl halides is 2. The quantitative estimate of drug-likeness (QED) is 0.490. The Morgan fingerprint density at radius 3 is 2.55 bits per heavy atom. The van der Waals surface area contributed by atoms with E-state index in [0.29, 0.717) is 11.6 Å². The molecule has 0 aromatic heterocycles. The van der Waals surface area contributed by atoms with Gasteiger partial charge in [0.1, 0.15) is 5.75 Å². The Balaban J connectivity index is 1.66. The molecule has 0 amide bonds. The van der Waals surface area contributed by atoms with Crippen LogP contribution in [0.3, 0.4) is 0 Å². The van der Waals surface area contributed by atoms with Crippen molar-refractivity contribution in [2.75, 3.05) is 15.8 Å². The molecule has 9 heteroatoms. The SMILES string of the molecule is O=S(=O)(c1cccc(OC(F)F)c1)N1c2ccc(Br)cc2C2(CCSCC2)C1C1CC1. The maximum Gasteiger partial charge on any atom is 0.387 e. The van der Waals surface area contributed by atoms with Gasteiger partial charge in [-0.3, -0.25) is 4.31 Å². The largest absolute Gasteiger partial charge is 0.435 e. The van der Waals surface area contributed by atoms with Crippen molar-refractivity contribution in [3.8, 4) is 5.75 Å². The molecule has 2 heterocycles. The van der Waals surface area contributed by atoms with E-state index in [0.717, 1.165) is 47.2 Å². The Morgan fingerprint density at radius 2 is 1.87 bits per heavy atom. The molecule has 2 aliphatic heterocycles. The molecule has 0 radical (unpaired) electrons. The lowest BCUT2D eigenvalue weighted by Gasteiger charge is -2.41. The third kappa shape index (κ3) is 3.66. The summed E-state index contributed by atoms with van der Waals surface area (Å²) < 4.78 is 60.3. The summed E-state index contributed by atoms with van der Waals surface area (Å²) in [5, 5.41) is 0. The van der Waals surface area contributed by atoms with Gasteiger partial charge < -0.3 is 4.74 Å². The minimum atomic E-state index is -3.97. The summed E-state index contributed by atoms with van der Waals surface area (Å²) >= 11 is 5.49. The first-order chi connectivity index (χ1) is 14.8. The molecule has 0 N–H and O–H groups in total. The van der Waals surface area contributed by atoms with Crippen molar-refractivity contribution in [1.29, 1.82) is 0 Å². The van der Waals surface area contributed by atoms with Crippen LogP contribution in [0.5, 0.6) is 5.75 Å². The molecule has 1 unspecified atom stereocenters. The molecule has 31 heavy (non-hydrogen) atoms. The average molecular weight is 530 g/mol. The summed E-state index contributed by atoms with van der Waals surface area (Å²) in [5.74, 6) is 2.16. The Morgan fingerprint density at radius 1 is 1.13 bits per heavy atom. The molecule has 1 saturated heterocycles. The van der Waals surface area contributed by atoms with Gasteiger partial charge in [0.25, 0.3) is 10.0 Å². The fourth-order valence-electron chi connectivity index (χ4n) is 5.19. The maximum atomic E-state index is 14.0. The number of nitrogens with zero attached hydrogens (tertiary/aromatic N) is 1. The first-order valence-corrected chi connectivity index (χ1v) is 13.7. The van der Waals surface area contributed by atoms with E-state index < -0.39 is 16.6 Å². The molecule has 166 valence electrons. The summed E-state index contributed by atoms with van der Waals surface area (Å²) in [6, 6.07) is 11.1. The summed E-state index contributed by atoms with van der Waals surface area (Å²) in [6.07, 6.45) is 3.89. The predicted octanol–water partition coefficient (Wildman–Crippen LogP) is 5.80. The number of fused-ring (bicyclic) bond motifs is 2. The van der Waals surface area contributed by atoms with Crippen LogP contribution in [-0.4, -0.2) is 32.6 Å². The number of ether oxygens (including phenoxy) is 1. The summed E-state index contributed by atoms with van der Waals surface area (Å²) in [5.41, 5.74) is 1.59. The van der Waals surface area contributed by atoms with Crippen molar-refractivity contribution >= 4 is 43.4 Å². The molecule has 4 nitrogen and oxygen atoms in total. The Labute approximate surface area is 193 Å². The number of sulfonamides is 1. The third-order valence-electron chi connectivity index (χ3n) is 6.59. The lowest BCUT2D eigenvalue weighted by atomic mass is 9.70. The van der Waals surface area contributed by atoms with Gasteiger partial charge in [0.05, 0.1) is 16.6 Å². The third-order valence-corrected chi connectivity index (χ3v) is 9.86. The summed E-state index contributed by atoms with van der Waals surface area (Å²) in [4.78, 5) is -0.0209. The monoisotopic (exact) mass is 529 g/mol. The van der Waals surface area contributed by atoms with Crippen LogP contribution < -0.4 is 9.04 Å². The topological polar surface area (TPSA) is 46.6 Å². The predicted molar refractivity (Wildman–Crippen MR) is 122 cm³/mol. The van der Waals surface area contributed by atoms with Crippen molar-refractivity contribution in [3.63, 3.8) is 0 Å². The normalized spacial score (nSPS) is 22.7. The molecule has 5 rings (SSSR count). The van der Waals surface area contributed by atoms with Crippen molar-refractivity contribution in [2.24, 2.45) is 5.92 Å². The zero-order valence-electron chi connectivity index (χ0n) is 16.6. The minimum absolute atomic E-state index is 0.0209. The highest BCUT2D eigenvalue weighted by atomic mass is 79.9. The molecule has 2 fully saturated rings. The van der Waals surface area contributed by atoms with Crippen LogP contribution in [0.15, 0.2) is 51.8 Å². The Kier molecular flexibility index (Phi) is 5.50. The van der Waals surface area contributed by atoms with Crippen LogP contribution in [0.1, 0.15) is 31.2 Å². The van der Waals surface area contributed by atoms with E-state index in [1.807, 2.05) is 23.9 Å². The molecule has 2 aromatic rings. The highest BCUT2D eigenvalue weighted by molar-refractivity contribution is 9.10. The summed E-state index contributed by atoms with van der Waals surface area (Å²) in [7, 11) is -3.97. The van der Waals surface area contributed by atoms with Gasteiger partial charge in [0, 0.05) is 16.0 Å². The van der Waals surface area contributed by atoms with Crippen LogP contribution in [0.2, 0.25) is 0 Å². The van der Waals surface area contributed by atoms with Crippen LogP contribution in [0.25, 0.3) is 0 Å². The van der Waals surface area contributed by atoms with Crippen LogP contribution in [-0.2, 0) is 15.4 Å². The second-order valence-electron chi connectivity index (χ2n) is 8.37. The van der Waals surface area contributed by atoms with Gasteiger partial charge in [-0.15, -0.1) is 0 Å². The molecule has 1 aliphatic carbocycles. The highest BCUT2D eigenvalue weighted by Crippen LogP contribution is 2.59. The van der Waals surface area contributed by atoms with Crippen molar-refractivity contribution in [2.45, 2.75) is 48.6 Å². The van der Waals surface area contributed by atoms with Crippen LogP contribution in [0.4, 0.5) is 14.5 Å². The zero-order chi connectivity index (χ0) is 21.8. The zero-order valence-corrected chi connectivity index (χ0v) is 19.9. The number of thioether (sulfide) groups is 1. The van der Waals surface area contributed by atoms with E-state index in [1.54, 1.807) is 4.31 Å². The van der Waals surface area contributed by atoms with Crippen molar-refractivity contribution < 1.29 is 21.9 Å². The Bertz CT molecular complexity index is 1100. The van der Waals surface area contributed by atoms with E-state index in [1.165, 1.54) is 24.3 Å². The van der Waals surface area contributed by atoms with Gasteiger partial charge >= 0.3 is 6.61 Å². The molecule has 1 atom stereocenters. The molecule has 0 bridgehead atoms. The van der Waals surface area contributed by atoms with Gasteiger partial charge in [0.15, 0.2) is 0 Å². The van der Waals surface area contributed by atoms with Gasteiger partial charge in [-0.2, -0.15) is 20.5 Å². The van der Waals surface area contributed by atoms with Gasteiger partial charge in [0.2, 0.25) is 0 Å². The number of rotatable bonds is 5. The molecular formula is C22H22BrF2NO3S2. The van der Waals surface area contributed by atoms with Crippen molar-refractivity contribution in [1.82, 2.24) is 0 Å². The highest BCUT2D eigenvalue weighted by Gasteiger charge is 2.59. The standard InChI is InChI=1S/C22H22BrF2NO3S2/c23-15-6-7-19-18(12-15)22(8-10-30-11-9-22)20(14-4-5-14)26(19)31(27,28)17-3-1-2-16(13-17)29-21(24)25/h1-3,6-7,12-14,20-21H,4-5,8-11H2. The maximum absolute atomic E-state index is 14.0. The van der Waals surface area contributed by atoms with E-state index in [2.05, 4.69) is 26.7 Å². The second-order valence-corrected chi connectivity index (χ2v) is 12.3. The molecule has 1 saturated carbocycles. The van der Waals surface area contributed by atoms with Gasteiger partial charge in [-0.05, 0) is 79.0 Å². The van der Waals surface area contributed by atoms with Crippen LogP contribution in [0, 0.1) is 5.92 Å². The minimum Gasteiger partial charge on any atom is -0.435 e. The lowest BCUT2D eigenvalue weighted by Crippen LogP contribution is -2.50. The molecule has 3 aliphatic rings. The fraction of sp³-hybridized carbons (Fsp3) is 0.455. The molecule has 2 aromatic carbocycles. The van der Waals surface area contributed by atoms with E-state index in [9.17, 15) is 17.2 Å². The molecule has 1 spiro atoms. The van der Waals surface area contributed by atoms with Crippen LogP contribution >= 0.6 is 27.7 Å². The Hall–Kier alpha value is -1.32. The number of halogens is 3. The lowest BCUT2D eigenvalue weighted by molar-refractivity contribution is -0.0499. The first-order valence-electron chi connectivity index (χ1n) is 10.3. The number of benzene rings is 2. The van der Waals surface area contributed by atoms with E-state index in [-0.39, 0.29) is 22.1 Å². The van der Waals surface area contributed by atoms with Gasteiger partial charge in [-0.1, -0.05) is 22.0 Å². The van der Waals surface area contributed by atoms with Crippen molar-refractivity contribution in [3.05, 3.63) is 52.5 Å². The smallest absolute Gasteiger partial charge is 0.387 e. The number of hydrogen-bond acceptors (Lipinski definition) is 4. The summed E-state index contributed by atoms with van der Waals surface area (Å²) in [6.45, 7) is -3.01. The number of hydrogen-bond donors (Lipinski definition) is 0. The second kappa shape index (κ2) is 7.92. The number of anilines is 1. The van der Waals surface area contributed by atoms with E-state index >= 15 is 0 Å².